The third kappa shape index (κ3) is 3.08. The second-order valence-electron chi connectivity index (χ2n) is 4.55. The summed E-state index contributed by atoms with van der Waals surface area (Å²) in [6, 6.07) is -0.101. The normalized spacial score (nSPS) is 30.0. The van der Waals surface area contributed by atoms with E-state index in [4.69, 9.17) is 4.74 Å². The summed E-state index contributed by atoms with van der Waals surface area (Å²) >= 11 is 0. The van der Waals surface area contributed by atoms with Gasteiger partial charge in [0.1, 0.15) is 0 Å². The Balaban J connectivity index is 2.35. The summed E-state index contributed by atoms with van der Waals surface area (Å²) in [6.45, 7) is 5.46. The largest absolute Gasteiger partial charge is 0.401 e. The van der Waals surface area contributed by atoms with Gasteiger partial charge in [0.15, 0.2) is 0 Å². The third-order valence-electron chi connectivity index (χ3n) is 3.09. The van der Waals surface area contributed by atoms with E-state index in [1.165, 1.54) is 0 Å². The second kappa shape index (κ2) is 4.29. The molecule has 0 aromatic rings. The minimum Gasteiger partial charge on any atom is -0.378 e. The van der Waals surface area contributed by atoms with Crippen molar-refractivity contribution in [2.24, 2.45) is 5.41 Å². The lowest BCUT2D eigenvalue weighted by Gasteiger charge is -2.52. The van der Waals surface area contributed by atoms with E-state index in [1.807, 2.05) is 20.8 Å². The highest BCUT2D eigenvalue weighted by Gasteiger charge is 2.49. The number of hydrogen-bond acceptors (Lipinski definition) is 2. The summed E-state index contributed by atoms with van der Waals surface area (Å²) < 4.78 is 41.4. The molecule has 1 aliphatic carbocycles. The average Bonchev–Trinajstić information content (AvgIpc) is 2.08. The van der Waals surface area contributed by atoms with Gasteiger partial charge in [0, 0.05) is 18.1 Å². The van der Waals surface area contributed by atoms with Crippen LogP contribution in [0, 0.1) is 5.41 Å². The Labute approximate surface area is 88.2 Å². The molecule has 2 nitrogen and oxygen atoms in total. The molecule has 90 valence electrons. The Kier molecular flexibility index (Phi) is 3.66. The smallest absolute Gasteiger partial charge is 0.378 e. The molecular formula is C10H18F3NO. The minimum atomic E-state index is -4.13. The average molecular weight is 225 g/mol. The van der Waals surface area contributed by atoms with Crippen LogP contribution in [0.2, 0.25) is 0 Å². The molecule has 0 saturated heterocycles. The summed E-state index contributed by atoms with van der Waals surface area (Å²) in [4.78, 5) is 0. The van der Waals surface area contributed by atoms with Crippen molar-refractivity contribution >= 4 is 0 Å². The highest BCUT2D eigenvalue weighted by atomic mass is 19.4. The highest BCUT2D eigenvalue weighted by Crippen LogP contribution is 2.42. The summed E-state index contributed by atoms with van der Waals surface area (Å²) in [5, 5.41) is 2.53. The molecule has 0 aromatic carbocycles. The number of ether oxygens (including phenoxy) is 1. The van der Waals surface area contributed by atoms with Crippen LogP contribution in [0.25, 0.3) is 0 Å². The van der Waals surface area contributed by atoms with Crippen LogP contribution in [0.1, 0.15) is 27.2 Å². The van der Waals surface area contributed by atoms with Gasteiger partial charge in [-0.05, 0) is 13.3 Å². The molecule has 0 spiro atoms. The van der Waals surface area contributed by atoms with Crippen molar-refractivity contribution in [3.63, 3.8) is 0 Å². The van der Waals surface area contributed by atoms with Crippen molar-refractivity contribution in [3.05, 3.63) is 0 Å². The molecule has 1 saturated carbocycles. The summed E-state index contributed by atoms with van der Waals surface area (Å²) in [5.74, 6) is 0. The zero-order valence-corrected chi connectivity index (χ0v) is 9.32. The summed E-state index contributed by atoms with van der Waals surface area (Å²) in [6.07, 6.45) is -3.39. The third-order valence-corrected chi connectivity index (χ3v) is 3.09. The standard InChI is InChI=1S/C10H18F3NO/c1-4-15-8-5-7(9(8,2)3)14-6-10(11,12)13/h7-8,14H,4-6H2,1-3H3. The molecule has 0 bridgehead atoms. The maximum Gasteiger partial charge on any atom is 0.401 e. The van der Waals surface area contributed by atoms with Crippen LogP contribution in [0.5, 0.6) is 0 Å². The van der Waals surface area contributed by atoms with Gasteiger partial charge in [0.05, 0.1) is 12.6 Å². The van der Waals surface area contributed by atoms with Crippen LogP contribution in [0.4, 0.5) is 13.2 Å². The topological polar surface area (TPSA) is 21.3 Å². The molecule has 15 heavy (non-hydrogen) atoms. The van der Waals surface area contributed by atoms with E-state index in [9.17, 15) is 13.2 Å². The van der Waals surface area contributed by atoms with Crippen molar-refractivity contribution in [2.75, 3.05) is 13.2 Å². The van der Waals surface area contributed by atoms with Gasteiger partial charge in [0.2, 0.25) is 0 Å². The predicted octanol–water partition coefficient (Wildman–Crippen LogP) is 2.34. The lowest BCUT2D eigenvalue weighted by Crippen LogP contribution is -2.62. The van der Waals surface area contributed by atoms with Crippen molar-refractivity contribution in [1.29, 1.82) is 0 Å². The zero-order valence-electron chi connectivity index (χ0n) is 9.32. The predicted molar refractivity (Wildman–Crippen MR) is 51.7 cm³/mol. The van der Waals surface area contributed by atoms with Crippen molar-refractivity contribution in [3.8, 4) is 0 Å². The first-order chi connectivity index (χ1) is 6.77. The van der Waals surface area contributed by atoms with Crippen LogP contribution >= 0.6 is 0 Å². The van der Waals surface area contributed by atoms with Gasteiger partial charge in [-0.1, -0.05) is 13.8 Å². The Bertz CT molecular complexity index is 215. The van der Waals surface area contributed by atoms with E-state index >= 15 is 0 Å². The van der Waals surface area contributed by atoms with Crippen LogP contribution in [-0.2, 0) is 4.74 Å². The van der Waals surface area contributed by atoms with Crippen LogP contribution in [0.3, 0.4) is 0 Å². The van der Waals surface area contributed by atoms with Gasteiger partial charge in [-0.3, -0.25) is 0 Å². The molecule has 5 heteroatoms. The molecule has 0 aliphatic heterocycles. The fraction of sp³-hybridized carbons (Fsp3) is 1.00. The quantitative estimate of drug-likeness (QED) is 0.793. The SMILES string of the molecule is CCOC1CC(NCC(F)(F)F)C1(C)C. The molecule has 1 N–H and O–H groups in total. The molecule has 1 rings (SSSR count). The number of alkyl halides is 3. The van der Waals surface area contributed by atoms with Crippen molar-refractivity contribution in [2.45, 2.75) is 45.5 Å². The van der Waals surface area contributed by atoms with Gasteiger partial charge in [-0.25, -0.2) is 0 Å². The Morgan fingerprint density at radius 3 is 2.40 bits per heavy atom. The lowest BCUT2D eigenvalue weighted by molar-refractivity contribution is -0.148. The molecular weight excluding hydrogens is 207 g/mol. The maximum absolute atomic E-state index is 12.0. The minimum absolute atomic E-state index is 0.0771. The molecule has 1 fully saturated rings. The van der Waals surface area contributed by atoms with Crippen molar-refractivity contribution < 1.29 is 17.9 Å². The van der Waals surface area contributed by atoms with Crippen molar-refractivity contribution in [1.82, 2.24) is 5.32 Å². The molecule has 0 radical (unpaired) electrons. The number of nitrogens with one attached hydrogen (secondary N) is 1. The lowest BCUT2D eigenvalue weighted by atomic mass is 9.64. The fourth-order valence-electron chi connectivity index (χ4n) is 1.95. The molecule has 2 unspecified atom stereocenters. The monoisotopic (exact) mass is 225 g/mol. The van der Waals surface area contributed by atoms with Gasteiger partial charge in [0.25, 0.3) is 0 Å². The van der Waals surface area contributed by atoms with E-state index in [1.54, 1.807) is 0 Å². The first kappa shape index (κ1) is 12.8. The van der Waals surface area contributed by atoms with E-state index in [0.29, 0.717) is 13.0 Å². The molecule has 0 amide bonds. The molecule has 2 atom stereocenters. The first-order valence-electron chi connectivity index (χ1n) is 5.19. The maximum atomic E-state index is 12.0. The molecule has 0 heterocycles. The van der Waals surface area contributed by atoms with E-state index < -0.39 is 12.7 Å². The number of hydrogen-bond donors (Lipinski definition) is 1. The number of halogens is 3. The van der Waals surface area contributed by atoms with Crippen LogP contribution in [-0.4, -0.2) is 31.5 Å². The van der Waals surface area contributed by atoms with Gasteiger partial charge in [-0.2, -0.15) is 13.2 Å². The molecule has 1 aliphatic rings. The zero-order chi connectivity index (χ0) is 11.7. The van der Waals surface area contributed by atoms with E-state index in [2.05, 4.69) is 5.32 Å². The fourth-order valence-corrected chi connectivity index (χ4v) is 1.95. The Hall–Kier alpha value is -0.290. The van der Waals surface area contributed by atoms with Gasteiger partial charge in [-0.15, -0.1) is 0 Å². The van der Waals surface area contributed by atoms with Crippen LogP contribution < -0.4 is 5.32 Å². The van der Waals surface area contributed by atoms with E-state index in [0.717, 1.165) is 0 Å². The van der Waals surface area contributed by atoms with Crippen LogP contribution in [0.15, 0.2) is 0 Å². The summed E-state index contributed by atoms with van der Waals surface area (Å²) in [7, 11) is 0. The summed E-state index contributed by atoms with van der Waals surface area (Å²) in [5.41, 5.74) is -0.207. The highest BCUT2D eigenvalue weighted by molar-refractivity contribution is 5.02. The number of rotatable bonds is 4. The Morgan fingerprint density at radius 1 is 1.40 bits per heavy atom. The van der Waals surface area contributed by atoms with E-state index in [-0.39, 0.29) is 17.6 Å². The first-order valence-corrected chi connectivity index (χ1v) is 5.19. The van der Waals surface area contributed by atoms with Gasteiger partial charge >= 0.3 is 6.18 Å². The van der Waals surface area contributed by atoms with Gasteiger partial charge < -0.3 is 10.1 Å². The second-order valence-corrected chi connectivity index (χ2v) is 4.55. The Morgan fingerprint density at radius 2 is 2.00 bits per heavy atom. The molecule has 0 aromatic heterocycles.